The van der Waals surface area contributed by atoms with E-state index >= 15 is 0 Å². The SMILES string of the molecule is CC1(C)c2ccccc2C2(c3ccccc3-c3c(N(c4ccccc4-c4ccccc4-c4ccccc4-c4ccccc4)c4cccc5sc6ccccc6c45)cccc32)c2ccccc21. The lowest BCUT2D eigenvalue weighted by Gasteiger charge is -2.46. The molecule has 312 valence electrons. The standard InChI is InChI=1S/C64H45NS/c1-63(2)51-32-14-16-34-53(51)64(54-35-17-15-33-52(54)63)50-31-13-10-29-48(50)61-55(64)36-20-38-57(61)65(58-39-21-41-60-62(58)49-30-12-19-40-59(49)66-60)56-37-18-11-28-47(56)46-27-9-8-26-45(46)44-25-7-6-24-43(44)42-22-4-3-5-23-42/h3-41H,1-2H3. The van der Waals surface area contributed by atoms with E-state index in [0.29, 0.717) is 0 Å². The summed E-state index contributed by atoms with van der Waals surface area (Å²) in [6, 6.07) is 88.4. The number of rotatable bonds is 6. The number of para-hydroxylation sites is 1. The lowest BCUT2D eigenvalue weighted by atomic mass is 9.55. The van der Waals surface area contributed by atoms with Crippen LogP contribution in [0.5, 0.6) is 0 Å². The van der Waals surface area contributed by atoms with Crippen molar-refractivity contribution in [2.45, 2.75) is 24.7 Å². The van der Waals surface area contributed by atoms with Crippen molar-refractivity contribution in [3.05, 3.63) is 270 Å². The van der Waals surface area contributed by atoms with E-state index < -0.39 is 5.41 Å². The smallest absolute Gasteiger partial charge is 0.0720 e. The van der Waals surface area contributed by atoms with Crippen molar-refractivity contribution < 1.29 is 0 Å². The van der Waals surface area contributed by atoms with E-state index in [4.69, 9.17) is 0 Å². The van der Waals surface area contributed by atoms with Gasteiger partial charge >= 0.3 is 0 Å². The van der Waals surface area contributed by atoms with Crippen LogP contribution in [0.2, 0.25) is 0 Å². The number of hydrogen-bond acceptors (Lipinski definition) is 2. The summed E-state index contributed by atoms with van der Waals surface area (Å²) >= 11 is 1.87. The molecule has 0 fully saturated rings. The van der Waals surface area contributed by atoms with Gasteiger partial charge in [-0.2, -0.15) is 0 Å². The van der Waals surface area contributed by atoms with Crippen molar-refractivity contribution in [3.63, 3.8) is 0 Å². The number of fused-ring (bicyclic) bond motifs is 12. The van der Waals surface area contributed by atoms with Gasteiger partial charge in [-0.3, -0.25) is 0 Å². The predicted octanol–water partition coefficient (Wildman–Crippen LogP) is 17.5. The number of benzene rings is 10. The van der Waals surface area contributed by atoms with Crippen molar-refractivity contribution in [3.8, 4) is 44.5 Å². The second-order valence-corrected chi connectivity index (χ2v) is 19.4. The first-order chi connectivity index (χ1) is 32.5. The van der Waals surface area contributed by atoms with Gasteiger partial charge in [0, 0.05) is 36.7 Å². The van der Waals surface area contributed by atoms with Crippen LogP contribution in [-0.2, 0) is 10.8 Å². The normalized spacial score (nSPS) is 13.8. The van der Waals surface area contributed by atoms with Gasteiger partial charge < -0.3 is 4.90 Å². The maximum atomic E-state index is 2.61. The molecule has 0 N–H and O–H groups in total. The Morgan fingerprint density at radius 2 is 0.773 bits per heavy atom. The average molecular weight is 860 g/mol. The molecule has 11 aromatic rings. The van der Waals surface area contributed by atoms with Gasteiger partial charge in [0.05, 0.1) is 22.5 Å². The number of nitrogens with zero attached hydrogens (tertiary/aromatic N) is 1. The molecule has 0 saturated carbocycles. The zero-order valence-electron chi connectivity index (χ0n) is 36.9. The Kier molecular flexibility index (Phi) is 8.72. The van der Waals surface area contributed by atoms with E-state index in [1.54, 1.807) is 0 Å². The zero-order chi connectivity index (χ0) is 44.0. The van der Waals surface area contributed by atoms with Crippen LogP contribution in [-0.4, -0.2) is 0 Å². The second-order valence-electron chi connectivity index (χ2n) is 18.3. The molecule has 2 aliphatic rings. The van der Waals surface area contributed by atoms with Crippen LogP contribution in [0.4, 0.5) is 17.1 Å². The van der Waals surface area contributed by atoms with Gasteiger partial charge in [0.25, 0.3) is 0 Å². The molecule has 0 amide bonds. The molecule has 13 rings (SSSR count). The third-order valence-electron chi connectivity index (χ3n) is 14.6. The highest BCUT2D eigenvalue weighted by atomic mass is 32.1. The monoisotopic (exact) mass is 859 g/mol. The minimum Gasteiger partial charge on any atom is -0.309 e. The molecule has 1 heterocycles. The van der Waals surface area contributed by atoms with Gasteiger partial charge in [0.2, 0.25) is 0 Å². The van der Waals surface area contributed by atoms with Crippen molar-refractivity contribution >= 4 is 48.6 Å². The molecule has 0 atom stereocenters. The lowest BCUT2D eigenvalue weighted by Crippen LogP contribution is -2.40. The maximum Gasteiger partial charge on any atom is 0.0720 e. The summed E-state index contributed by atoms with van der Waals surface area (Å²) in [5.74, 6) is 0. The fourth-order valence-electron chi connectivity index (χ4n) is 11.8. The van der Waals surface area contributed by atoms with Gasteiger partial charge in [0.15, 0.2) is 0 Å². The molecule has 66 heavy (non-hydrogen) atoms. The van der Waals surface area contributed by atoms with E-state index in [9.17, 15) is 0 Å². The van der Waals surface area contributed by atoms with Crippen molar-refractivity contribution in [2.75, 3.05) is 4.90 Å². The molecule has 0 bridgehead atoms. The van der Waals surface area contributed by atoms with Gasteiger partial charge in [-0.15, -0.1) is 11.3 Å². The van der Waals surface area contributed by atoms with Crippen LogP contribution in [0, 0.1) is 0 Å². The molecule has 0 radical (unpaired) electrons. The second kappa shape index (κ2) is 14.9. The Bertz CT molecular complexity index is 3650. The Morgan fingerprint density at radius 3 is 1.48 bits per heavy atom. The number of hydrogen-bond donors (Lipinski definition) is 0. The first-order valence-electron chi connectivity index (χ1n) is 23.0. The molecule has 0 aliphatic heterocycles. The van der Waals surface area contributed by atoms with E-state index in [-0.39, 0.29) is 5.41 Å². The lowest BCUT2D eigenvalue weighted by molar-refractivity contribution is 0.563. The molecule has 1 nitrogen and oxygen atoms in total. The minimum absolute atomic E-state index is 0.180. The Morgan fingerprint density at radius 1 is 0.318 bits per heavy atom. The third-order valence-corrected chi connectivity index (χ3v) is 15.7. The topological polar surface area (TPSA) is 3.24 Å². The van der Waals surface area contributed by atoms with Crippen LogP contribution in [0.25, 0.3) is 64.7 Å². The summed E-state index contributed by atoms with van der Waals surface area (Å²) in [7, 11) is 0. The minimum atomic E-state index is -0.523. The molecule has 2 aliphatic carbocycles. The summed E-state index contributed by atoms with van der Waals surface area (Å²) in [5.41, 5.74) is 20.6. The molecule has 1 aromatic heterocycles. The molecule has 10 aromatic carbocycles. The third kappa shape index (κ3) is 5.46. The van der Waals surface area contributed by atoms with Crippen molar-refractivity contribution in [1.29, 1.82) is 0 Å². The molecule has 2 heteroatoms. The van der Waals surface area contributed by atoms with Crippen LogP contribution in [0.1, 0.15) is 47.2 Å². The number of thiophene rings is 1. The molecular weight excluding hydrogens is 815 g/mol. The summed E-state index contributed by atoms with van der Waals surface area (Å²) in [4.78, 5) is 2.61. The Balaban J connectivity index is 1.14. The first kappa shape index (κ1) is 38.7. The first-order valence-corrected chi connectivity index (χ1v) is 23.8. The van der Waals surface area contributed by atoms with E-state index in [0.717, 1.165) is 17.1 Å². The maximum absolute atomic E-state index is 2.61. The largest absolute Gasteiger partial charge is 0.309 e. The summed E-state index contributed by atoms with van der Waals surface area (Å²) in [6.07, 6.45) is 0. The fraction of sp³-hybridized carbons (Fsp3) is 0.0625. The summed E-state index contributed by atoms with van der Waals surface area (Å²) in [5, 5.41) is 2.54. The summed E-state index contributed by atoms with van der Waals surface area (Å²) < 4.78 is 2.56. The van der Waals surface area contributed by atoms with Crippen LogP contribution < -0.4 is 4.90 Å². The highest BCUT2D eigenvalue weighted by molar-refractivity contribution is 7.26. The molecule has 0 saturated heterocycles. The van der Waals surface area contributed by atoms with Crippen molar-refractivity contribution in [1.82, 2.24) is 0 Å². The number of anilines is 3. The van der Waals surface area contributed by atoms with E-state index in [1.165, 1.54) is 98.1 Å². The fourth-order valence-corrected chi connectivity index (χ4v) is 13.0. The molecule has 0 unspecified atom stereocenters. The van der Waals surface area contributed by atoms with Crippen LogP contribution in [0.15, 0.2) is 237 Å². The zero-order valence-corrected chi connectivity index (χ0v) is 37.7. The Labute approximate surface area is 390 Å². The van der Waals surface area contributed by atoms with Gasteiger partial charge in [-0.25, -0.2) is 0 Å². The highest BCUT2D eigenvalue weighted by Crippen LogP contribution is 2.64. The van der Waals surface area contributed by atoms with Crippen LogP contribution in [0.3, 0.4) is 0 Å². The van der Waals surface area contributed by atoms with Crippen molar-refractivity contribution in [2.24, 2.45) is 0 Å². The molecular formula is C64H45NS. The van der Waals surface area contributed by atoms with E-state index in [1.807, 2.05) is 11.3 Å². The average Bonchev–Trinajstić information content (AvgIpc) is 3.91. The highest BCUT2D eigenvalue weighted by Gasteiger charge is 2.54. The predicted molar refractivity (Wildman–Crippen MR) is 280 cm³/mol. The van der Waals surface area contributed by atoms with E-state index in [2.05, 4.69) is 255 Å². The summed E-state index contributed by atoms with van der Waals surface area (Å²) in [6.45, 7) is 4.80. The quantitative estimate of drug-likeness (QED) is 0.161. The van der Waals surface area contributed by atoms with Gasteiger partial charge in [0.1, 0.15) is 0 Å². The van der Waals surface area contributed by atoms with Crippen LogP contribution >= 0.6 is 11.3 Å². The molecule has 1 spiro atoms. The van der Waals surface area contributed by atoms with Gasteiger partial charge in [-0.1, -0.05) is 220 Å². The Hall–Kier alpha value is -7.78. The van der Waals surface area contributed by atoms with Gasteiger partial charge in [-0.05, 0) is 97.1 Å².